The van der Waals surface area contributed by atoms with Crippen molar-refractivity contribution >= 4 is 11.6 Å². The Hall–Kier alpha value is -1.75. The fourth-order valence-electron chi connectivity index (χ4n) is 2.06. The first kappa shape index (κ1) is 17.6. The van der Waals surface area contributed by atoms with Gasteiger partial charge in [0.1, 0.15) is 30.8 Å². The summed E-state index contributed by atoms with van der Waals surface area (Å²) >= 11 is 6.09. The van der Waals surface area contributed by atoms with Crippen molar-refractivity contribution in [2.75, 3.05) is 26.3 Å². The first-order chi connectivity index (χ1) is 11.2. The minimum Gasteiger partial charge on any atom is -0.491 e. The van der Waals surface area contributed by atoms with Crippen LogP contribution in [0.3, 0.4) is 0 Å². The van der Waals surface area contributed by atoms with Crippen LogP contribution < -0.4 is 14.8 Å². The highest BCUT2D eigenvalue weighted by Crippen LogP contribution is 2.27. The minimum atomic E-state index is -0.572. The second kappa shape index (κ2) is 9.40. The molecule has 0 saturated heterocycles. The maximum absolute atomic E-state index is 9.87. The van der Waals surface area contributed by atoms with Gasteiger partial charge in [-0.25, -0.2) is 0 Å². The van der Waals surface area contributed by atoms with Gasteiger partial charge in [-0.1, -0.05) is 41.9 Å². The second-order valence-corrected chi connectivity index (χ2v) is 5.62. The van der Waals surface area contributed by atoms with Crippen LogP contribution in [0.15, 0.2) is 48.5 Å². The SMILES string of the molecule is Cc1cccc(Cl)c1OCCNCC(O)COc1ccccc1. The Balaban J connectivity index is 1.60. The van der Waals surface area contributed by atoms with Crippen LogP contribution in [-0.4, -0.2) is 37.5 Å². The summed E-state index contributed by atoms with van der Waals surface area (Å²) in [6.45, 7) is 3.75. The standard InChI is InChI=1S/C18H22ClNO3/c1-14-6-5-9-17(19)18(14)22-11-10-20-12-15(21)13-23-16-7-3-2-4-8-16/h2-9,15,20-21H,10-13H2,1H3. The van der Waals surface area contributed by atoms with Crippen molar-refractivity contribution in [3.05, 3.63) is 59.1 Å². The Morgan fingerprint density at radius 1 is 1.09 bits per heavy atom. The van der Waals surface area contributed by atoms with E-state index in [4.69, 9.17) is 21.1 Å². The van der Waals surface area contributed by atoms with E-state index in [1.165, 1.54) is 0 Å². The molecular formula is C18H22ClNO3. The largest absolute Gasteiger partial charge is 0.491 e. The number of aliphatic hydroxyl groups excluding tert-OH is 1. The lowest BCUT2D eigenvalue weighted by atomic mass is 10.2. The van der Waals surface area contributed by atoms with Gasteiger partial charge in [0.2, 0.25) is 0 Å². The molecule has 2 aromatic carbocycles. The van der Waals surface area contributed by atoms with E-state index in [0.717, 1.165) is 11.3 Å². The van der Waals surface area contributed by atoms with Gasteiger partial charge in [-0.05, 0) is 30.7 Å². The summed E-state index contributed by atoms with van der Waals surface area (Å²) in [5.41, 5.74) is 1.01. The van der Waals surface area contributed by atoms with Crippen molar-refractivity contribution in [1.29, 1.82) is 0 Å². The predicted octanol–water partition coefficient (Wildman–Crippen LogP) is 3.06. The summed E-state index contributed by atoms with van der Waals surface area (Å²) in [4.78, 5) is 0. The lowest BCUT2D eigenvalue weighted by molar-refractivity contribution is 0.105. The van der Waals surface area contributed by atoms with Crippen LogP contribution in [0.2, 0.25) is 5.02 Å². The molecule has 0 heterocycles. The third kappa shape index (κ3) is 6.10. The van der Waals surface area contributed by atoms with Gasteiger partial charge in [-0.2, -0.15) is 0 Å². The molecule has 2 rings (SSSR count). The van der Waals surface area contributed by atoms with Gasteiger partial charge < -0.3 is 19.9 Å². The van der Waals surface area contributed by atoms with Gasteiger partial charge in [-0.15, -0.1) is 0 Å². The number of para-hydroxylation sites is 2. The predicted molar refractivity (Wildman–Crippen MR) is 92.5 cm³/mol. The van der Waals surface area contributed by atoms with Gasteiger partial charge in [-0.3, -0.25) is 0 Å². The molecule has 0 aliphatic heterocycles. The van der Waals surface area contributed by atoms with Crippen molar-refractivity contribution in [2.24, 2.45) is 0 Å². The molecule has 5 heteroatoms. The quantitative estimate of drug-likeness (QED) is 0.692. The van der Waals surface area contributed by atoms with Gasteiger partial charge in [0, 0.05) is 13.1 Å². The van der Waals surface area contributed by atoms with E-state index in [-0.39, 0.29) is 6.61 Å². The molecule has 0 amide bonds. The number of benzene rings is 2. The van der Waals surface area contributed by atoms with Crippen molar-refractivity contribution in [3.8, 4) is 11.5 Å². The number of halogens is 1. The highest BCUT2D eigenvalue weighted by Gasteiger charge is 2.06. The lowest BCUT2D eigenvalue weighted by Crippen LogP contribution is -2.33. The molecule has 1 unspecified atom stereocenters. The molecule has 4 nitrogen and oxygen atoms in total. The molecule has 0 aliphatic carbocycles. The Morgan fingerprint density at radius 2 is 1.87 bits per heavy atom. The molecule has 0 aromatic heterocycles. The van der Waals surface area contributed by atoms with Gasteiger partial charge in [0.25, 0.3) is 0 Å². The van der Waals surface area contributed by atoms with Gasteiger partial charge >= 0.3 is 0 Å². The lowest BCUT2D eigenvalue weighted by Gasteiger charge is -2.14. The molecule has 2 N–H and O–H groups in total. The van der Waals surface area contributed by atoms with Crippen LogP contribution in [0.25, 0.3) is 0 Å². The van der Waals surface area contributed by atoms with Crippen LogP contribution in [0.1, 0.15) is 5.56 Å². The van der Waals surface area contributed by atoms with Crippen LogP contribution in [0, 0.1) is 6.92 Å². The Kier molecular flexibility index (Phi) is 7.20. The van der Waals surface area contributed by atoms with Crippen molar-refractivity contribution in [2.45, 2.75) is 13.0 Å². The number of ether oxygens (including phenoxy) is 2. The summed E-state index contributed by atoms with van der Waals surface area (Å²) < 4.78 is 11.2. The highest BCUT2D eigenvalue weighted by molar-refractivity contribution is 6.32. The molecular weight excluding hydrogens is 314 g/mol. The zero-order valence-electron chi connectivity index (χ0n) is 13.2. The average molecular weight is 336 g/mol. The van der Waals surface area contributed by atoms with Crippen LogP contribution in [0.4, 0.5) is 0 Å². The molecule has 2 aromatic rings. The molecule has 1 atom stereocenters. The number of rotatable bonds is 9. The topological polar surface area (TPSA) is 50.7 Å². The number of aryl methyl sites for hydroxylation is 1. The monoisotopic (exact) mass is 335 g/mol. The molecule has 0 fully saturated rings. The Labute approximate surface area is 142 Å². The zero-order valence-corrected chi connectivity index (χ0v) is 13.9. The molecule has 124 valence electrons. The number of nitrogens with one attached hydrogen (secondary N) is 1. The fourth-order valence-corrected chi connectivity index (χ4v) is 2.34. The van der Waals surface area contributed by atoms with E-state index in [2.05, 4.69) is 5.32 Å². The van der Waals surface area contributed by atoms with E-state index in [1.807, 2.05) is 55.5 Å². The van der Waals surface area contributed by atoms with Crippen LogP contribution in [0.5, 0.6) is 11.5 Å². The molecule has 23 heavy (non-hydrogen) atoms. The normalized spacial score (nSPS) is 12.0. The van der Waals surface area contributed by atoms with E-state index in [0.29, 0.717) is 30.5 Å². The first-order valence-corrected chi connectivity index (χ1v) is 7.99. The third-order valence-electron chi connectivity index (χ3n) is 3.25. The van der Waals surface area contributed by atoms with Crippen LogP contribution >= 0.6 is 11.6 Å². The third-order valence-corrected chi connectivity index (χ3v) is 3.55. The number of hydrogen-bond acceptors (Lipinski definition) is 4. The van der Waals surface area contributed by atoms with E-state index < -0.39 is 6.10 Å². The molecule has 0 bridgehead atoms. The second-order valence-electron chi connectivity index (χ2n) is 5.22. The zero-order chi connectivity index (χ0) is 16.5. The fraction of sp³-hybridized carbons (Fsp3) is 0.333. The van der Waals surface area contributed by atoms with Crippen molar-refractivity contribution < 1.29 is 14.6 Å². The summed E-state index contributed by atoms with van der Waals surface area (Å²) in [7, 11) is 0. The van der Waals surface area contributed by atoms with E-state index in [9.17, 15) is 5.11 Å². The van der Waals surface area contributed by atoms with E-state index >= 15 is 0 Å². The maximum Gasteiger partial charge on any atom is 0.140 e. The Morgan fingerprint density at radius 3 is 2.61 bits per heavy atom. The first-order valence-electron chi connectivity index (χ1n) is 7.61. The van der Waals surface area contributed by atoms with E-state index in [1.54, 1.807) is 0 Å². The number of hydrogen-bond donors (Lipinski definition) is 2. The van der Waals surface area contributed by atoms with Crippen LogP contribution in [-0.2, 0) is 0 Å². The molecule has 0 saturated carbocycles. The van der Waals surface area contributed by atoms with Gasteiger partial charge in [0.05, 0.1) is 5.02 Å². The summed E-state index contributed by atoms with van der Waals surface area (Å²) in [5, 5.41) is 13.6. The smallest absolute Gasteiger partial charge is 0.140 e. The van der Waals surface area contributed by atoms with Gasteiger partial charge in [0.15, 0.2) is 0 Å². The van der Waals surface area contributed by atoms with Crippen molar-refractivity contribution in [1.82, 2.24) is 5.32 Å². The molecule has 0 radical (unpaired) electrons. The Bertz CT molecular complexity index is 572. The minimum absolute atomic E-state index is 0.251. The summed E-state index contributed by atoms with van der Waals surface area (Å²) in [6, 6.07) is 15.1. The maximum atomic E-state index is 9.87. The summed E-state index contributed by atoms with van der Waals surface area (Å²) in [5.74, 6) is 1.47. The molecule has 0 spiro atoms. The number of aliphatic hydroxyl groups is 1. The average Bonchev–Trinajstić information content (AvgIpc) is 2.56. The summed E-state index contributed by atoms with van der Waals surface area (Å²) in [6.07, 6.45) is -0.572. The molecule has 0 aliphatic rings. The highest BCUT2D eigenvalue weighted by atomic mass is 35.5. The van der Waals surface area contributed by atoms with Crippen molar-refractivity contribution in [3.63, 3.8) is 0 Å².